The van der Waals surface area contributed by atoms with Gasteiger partial charge in [-0.3, -0.25) is 9.59 Å². The van der Waals surface area contributed by atoms with Crippen molar-refractivity contribution in [2.24, 2.45) is 5.10 Å². The molecule has 0 saturated carbocycles. The van der Waals surface area contributed by atoms with Crippen LogP contribution in [-0.2, 0) is 4.79 Å². The predicted molar refractivity (Wildman–Crippen MR) is 111 cm³/mol. The monoisotopic (exact) mass is 421 g/mol. The average Bonchev–Trinajstić information content (AvgIpc) is 3.34. The van der Waals surface area contributed by atoms with Gasteiger partial charge in [-0.05, 0) is 48.0 Å². The second kappa shape index (κ2) is 10.4. The Morgan fingerprint density at radius 1 is 1.03 bits per heavy atom. The van der Waals surface area contributed by atoms with Crippen molar-refractivity contribution in [2.45, 2.75) is 0 Å². The smallest absolute Gasteiger partial charge is 0.343 e. The first-order valence-corrected chi connectivity index (χ1v) is 9.15. The number of hydrogen-bond acceptors (Lipinski definition) is 7. The molecule has 31 heavy (non-hydrogen) atoms. The summed E-state index contributed by atoms with van der Waals surface area (Å²) in [6.07, 6.45) is 2.75. The van der Waals surface area contributed by atoms with Crippen LogP contribution in [-0.4, -0.2) is 37.7 Å². The lowest BCUT2D eigenvalue weighted by molar-refractivity contribution is -0.120. The molecule has 0 aliphatic carbocycles. The summed E-state index contributed by atoms with van der Waals surface area (Å²) in [5, 5.41) is 6.24. The van der Waals surface area contributed by atoms with Gasteiger partial charge in [0.05, 0.1) is 31.7 Å². The lowest BCUT2D eigenvalue weighted by Crippen LogP contribution is -2.34. The molecule has 3 aromatic rings. The van der Waals surface area contributed by atoms with Crippen LogP contribution in [0.2, 0.25) is 0 Å². The van der Waals surface area contributed by atoms with Crippen molar-refractivity contribution in [3.8, 4) is 11.5 Å². The maximum Gasteiger partial charge on any atom is 0.343 e. The number of esters is 1. The van der Waals surface area contributed by atoms with Gasteiger partial charge in [-0.15, -0.1) is 0 Å². The second-order valence-electron chi connectivity index (χ2n) is 6.12. The van der Waals surface area contributed by atoms with Crippen molar-refractivity contribution in [3.63, 3.8) is 0 Å². The van der Waals surface area contributed by atoms with Gasteiger partial charge in [0.2, 0.25) is 0 Å². The summed E-state index contributed by atoms with van der Waals surface area (Å²) in [5.74, 6) is -0.852. The lowest BCUT2D eigenvalue weighted by Gasteiger charge is -2.10. The number of nitrogens with zero attached hydrogens (tertiary/aromatic N) is 1. The predicted octanol–water partition coefficient (Wildman–Crippen LogP) is 2.39. The van der Waals surface area contributed by atoms with Crippen LogP contribution >= 0.6 is 0 Å². The average molecular weight is 421 g/mol. The molecule has 1 aromatic heterocycles. The lowest BCUT2D eigenvalue weighted by atomic mass is 10.2. The molecule has 0 unspecified atom stereocenters. The number of benzene rings is 2. The van der Waals surface area contributed by atoms with Crippen molar-refractivity contribution in [3.05, 3.63) is 83.8 Å². The Balaban J connectivity index is 1.54. The van der Waals surface area contributed by atoms with Gasteiger partial charge in [0, 0.05) is 0 Å². The van der Waals surface area contributed by atoms with Crippen LogP contribution in [0.15, 0.2) is 76.4 Å². The fourth-order valence-electron chi connectivity index (χ4n) is 2.46. The van der Waals surface area contributed by atoms with Gasteiger partial charge in [0.15, 0.2) is 17.3 Å². The zero-order valence-corrected chi connectivity index (χ0v) is 16.5. The van der Waals surface area contributed by atoms with Gasteiger partial charge >= 0.3 is 5.97 Å². The van der Waals surface area contributed by atoms with Crippen LogP contribution in [0.5, 0.6) is 11.5 Å². The molecule has 0 aliphatic rings. The van der Waals surface area contributed by atoms with Crippen LogP contribution in [0, 0.1) is 0 Å². The third-order valence-electron chi connectivity index (χ3n) is 3.96. The van der Waals surface area contributed by atoms with E-state index in [1.807, 2.05) is 0 Å². The number of carbonyl (C=O) groups is 3. The zero-order valence-electron chi connectivity index (χ0n) is 16.5. The van der Waals surface area contributed by atoms with Crippen LogP contribution in [0.4, 0.5) is 0 Å². The molecule has 0 bridgehead atoms. The number of ether oxygens (including phenoxy) is 2. The first-order chi connectivity index (χ1) is 15.1. The Bertz CT molecular complexity index is 1080. The van der Waals surface area contributed by atoms with Crippen molar-refractivity contribution in [1.29, 1.82) is 0 Å². The Morgan fingerprint density at radius 2 is 1.84 bits per heavy atom. The standard InChI is InChI=1S/C22H19N3O6/c1-29-19-12-15(9-10-17(19)31-22(28)16-6-3-2-4-7-16)13-24-25-20(26)14-23-21(27)18-8-5-11-30-18/h2-13H,14H2,1H3,(H,23,27)(H,25,26)/b24-13-. The van der Waals surface area contributed by atoms with E-state index < -0.39 is 17.8 Å². The van der Waals surface area contributed by atoms with Crippen LogP contribution in [0.1, 0.15) is 26.5 Å². The van der Waals surface area contributed by atoms with E-state index in [9.17, 15) is 14.4 Å². The molecular weight excluding hydrogens is 402 g/mol. The van der Waals surface area contributed by atoms with Gasteiger partial charge in [0.1, 0.15) is 0 Å². The molecule has 0 aliphatic heterocycles. The van der Waals surface area contributed by atoms with Crippen molar-refractivity contribution < 1.29 is 28.3 Å². The van der Waals surface area contributed by atoms with Gasteiger partial charge in [0.25, 0.3) is 11.8 Å². The summed E-state index contributed by atoms with van der Waals surface area (Å²) in [6.45, 7) is -0.269. The first kappa shape index (κ1) is 21.3. The molecule has 9 nitrogen and oxygen atoms in total. The first-order valence-electron chi connectivity index (χ1n) is 9.15. The highest BCUT2D eigenvalue weighted by atomic mass is 16.6. The quantitative estimate of drug-likeness (QED) is 0.249. The summed E-state index contributed by atoms with van der Waals surface area (Å²) in [6, 6.07) is 16.4. The minimum absolute atomic E-state index is 0.108. The van der Waals surface area contributed by atoms with Crippen molar-refractivity contribution >= 4 is 24.0 Å². The molecule has 158 valence electrons. The third-order valence-corrected chi connectivity index (χ3v) is 3.96. The van der Waals surface area contributed by atoms with Crippen LogP contribution in [0.3, 0.4) is 0 Å². The second-order valence-corrected chi connectivity index (χ2v) is 6.12. The summed E-state index contributed by atoms with van der Waals surface area (Å²) >= 11 is 0. The molecule has 2 amide bonds. The summed E-state index contributed by atoms with van der Waals surface area (Å²) in [7, 11) is 1.44. The molecule has 0 saturated heterocycles. The molecule has 0 radical (unpaired) electrons. The van der Waals surface area contributed by atoms with Gasteiger partial charge in [-0.2, -0.15) is 5.10 Å². The number of methoxy groups -OCH3 is 1. The van der Waals surface area contributed by atoms with Crippen LogP contribution < -0.4 is 20.2 Å². The molecule has 2 aromatic carbocycles. The molecule has 1 heterocycles. The summed E-state index contributed by atoms with van der Waals surface area (Å²) < 4.78 is 15.6. The van der Waals surface area contributed by atoms with E-state index in [0.29, 0.717) is 16.9 Å². The number of rotatable bonds is 8. The van der Waals surface area contributed by atoms with E-state index >= 15 is 0 Å². The molecular formula is C22H19N3O6. The topological polar surface area (TPSA) is 119 Å². The van der Waals surface area contributed by atoms with E-state index in [4.69, 9.17) is 13.9 Å². The number of furan rings is 1. The minimum Gasteiger partial charge on any atom is -0.493 e. The highest BCUT2D eigenvalue weighted by molar-refractivity contribution is 5.94. The fourth-order valence-corrected chi connectivity index (χ4v) is 2.46. The van der Waals surface area contributed by atoms with Crippen molar-refractivity contribution in [1.82, 2.24) is 10.7 Å². The van der Waals surface area contributed by atoms with Gasteiger partial charge in [-0.25, -0.2) is 10.2 Å². The van der Waals surface area contributed by atoms with E-state index in [1.54, 1.807) is 54.6 Å². The van der Waals surface area contributed by atoms with E-state index in [0.717, 1.165) is 0 Å². The molecule has 0 spiro atoms. The number of hydrazone groups is 1. The van der Waals surface area contributed by atoms with E-state index in [1.165, 1.54) is 25.7 Å². The zero-order chi connectivity index (χ0) is 22.1. The van der Waals surface area contributed by atoms with Crippen LogP contribution in [0.25, 0.3) is 0 Å². The summed E-state index contributed by atoms with van der Waals surface area (Å²) in [4.78, 5) is 35.7. The van der Waals surface area contributed by atoms with Crippen molar-refractivity contribution in [2.75, 3.05) is 13.7 Å². The SMILES string of the molecule is COc1cc(/C=N\NC(=O)CNC(=O)c2ccco2)ccc1OC(=O)c1ccccc1. The fraction of sp³-hybridized carbons (Fsp3) is 0.0909. The Labute approximate surface area is 177 Å². The highest BCUT2D eigenvalue weighted by Crippen LogP contribution is 2.28. The van der Waals surface area contributed by atoms with E-state index in [2.05, 4.69) is 15.8 Å². The maximum atomic E-state index is 12.2. The molecule has 2 N–H and O–H groups in total. The Hall–Kier alpha value is -4.40. The Kier molecular flexibility index (Phi) is 7.15. The molecule has 0 atom stereocenters. The normalized spacial score (nSPS) is 10.5. The Morgan fingerprint density at radius 3 is 2.55 bits per heavy atom. The molecule has 9 heteroatoms. The molecule has 0 fully saturated rings. The maximum absolute atomic E-state index is 12.2. The van der Waals surface area contributed by atoms with E-state index in [-0.39, 0.29) is 18.1 Å². The van der Waals surface area contributed by atoms with Gasteiger partial charge in [-0.1, -0.05) is 18.2 Å². The largest absolute Gasteiger partial charge is 0.493 e. The number of nitrogens with one attached hydrogen (secondary N) is 2. The number of hydrogen-bond donors (Lipinski definition) is 2. The highest BCUT2D eigenvalue weighted by Gasteiger charge is 2.13. The van der Waals surface area contributed by atoms with Gasteiger partial charge < -0.3 is 19.2 Å². The number of carbonyl (C=O) groups excluding carboxylic acids is 3. The molecule has 3 rings (SSSR count). The summed E-state index contributed by atoms with van der Waals surface area (Å²) in [5.41, 5.74) is 3.30. The minimum atomic E-state index is -0.517. The third kappa shape index (κ3) is 6.04. The number of amides is 2.